The van der Waals surface area contributed by atoms with Crippen LogP contribution in [0, 0.1) is 0 Å². The standard InChI is InChI=1S/C22H25NO6/c1-27-18-13-16-8-10-23(11-9-17(16)20(28-2)21(18)29-3)19(24)12-14-4-6-15(7-5-14)22(25)26/h4-7,13H,8-12H2,1-3H3,(H,25,26). The van der Waals surface area contributed by atoms with Gasteiger partial charge in [-0.1, -0.05) is 12.1 Å². The summed E-state index contributed by atoms with van der Waals surface area (Å²) in [6.07, 6.45) is 1.58. The van der Waals surface area contributed by atoms with Gasteiger partial charge in [-0.15, -0.1) is 0 Å². The van der Waals surface area contributed by atoms with E-state index in [4.69, 9.17) is 19.3 Å². The number of rotatable bonds is 6. The molecule has 0 radical (unpaired) electrons. The number of aromatic carboxylic acids is 1. The van der Waals surface area contributed by atoms with Crippen molar-refractivity contribution in [3.63, 3.8) is 0 Å². The molecule has 154 valence electrons. The molecule has 2 aromatic rings. The molecule has 0 unspecified atom stereocenters. The van der Waals surface area contributed by atoms with Crippen LogP contribution >= 0.6 is 0 Å². The minimum Gasteiger partial charge on any atom is -0.493 e. The van der Waals surface area contributed by atoms with Crippen LogP contribution in [-0.4, -0.2) is 56.3 Å². The predicted molar refractivity (Wildman–Crippen MR) is 107 cm³/mol. The summed E-state index contributed by atoms with van der Waals surface area (Å²) in [7, 11) is 4.77. The lowest BCUT2D eigenvalue weighted by molar-refractivity contribution is -0.130. The van der Waals surface area contributed by atoms with Crippen molar-refractivity contribution in [1.82, 2.24) is 4.90 Å². The number of carbonyl (C=O) groups is 2. The van der Waals surface area contributed by atoms with Crippen molar-refractivity contribution < 1.29 is 28.9 Å². The molecule has 1 N–H and O–H groups in total. The summed E-state index contributed by atoms with van der Waals surface area (Å²) in [5, 5.41) is 8.99. The van der Waals surface area contributed by atoms with E-state index < -0.39 is 5.97 Å². The summed E-state index contributed by atoms with van der Waals surface area (Å²) >= 11 is 0. The van der Waals surface area contributed by atoms with Gasteiger partial charge in [-0.3, -0.25) is 4.79 Å². The number of ether oxygens (including phenoxy) is 3. The van der Waals surface area contributed by atoms with Crippen LogP contribution in [-0.2, 0) is 24.1 Å². The zero-order chi connectivity index (χ0) is 21.0. The Morgan fingerprint density at radius 2 is 1.62 bits per heavy atom. The van der Waals surface area contributed by atoms with Gasteiger partial charge in [-0.25, -0.2) is 4.79 Å². The molecule has 2 aromatic carbocycles. The van der Waals surface area contributed by atoms with Gasteiger partial charge >= 0.3 is 5.97 Å². The molecule has 1 aliphatic heterocycles. The van der Waals surface area contributed by atoms with Crippen LogP contribution in [0.3, 0.4) is 0 Å². The van der Waals surface area contributed by atoms with E-state index in [1.807, 2.05) is 11.0 Å². The van der Waals surface area contributed by atoms with Gasteiger partial charge in [0.05, 0.1) is 33.3 Å². The number of carboxylic acid groups (broad SMARTS) is 1. The molecule has 0 spiro atoms. The molecule has 1 amide bonds. The van der Waals surface area contributed by atoms with Gasteiger partial charge in [0.25, 0.3) is 0 Å². The summed E-state index contributed by atoms with van der Waals surface area (Å²) in [5.41, 5.74) is 3.12. The Bertz CT molecular complexity index is 907. The lowest BCUT2D eigenvalue weighted by atomic mass is 10.0. The number of benzene rings is 2. The number of nitrogens with zero attached hydrogens (tertiary/aromatic N) is 1. The van der Waals surface area contributed by atoms with Gasteiger partial charge in [0.1, 0.15) is 0 Å². The molecule has 0 aliphatic carbocycles. The summed E-state index contributed by atoms with van der Waals surface area (Å²) in [6, 6.07) is 8.37. The zero-order valence-corrected chi connectivity index (χ0v) is 16.9. The number of methoxy groups -OCH3 is 3. The van der Waals surface area contributed by atoms with Crippen LogP contribution in [0.2, 0.25) is 0 Å². The quantitative estimate of drug-likeness (QED) is 0.804. The van der Waals surface area contributed by atoms with Gasteiger partial charge in [0.15, 0.2) is 11.5 Å². The second-order valence-electron chi connectivity index (χ2n) is 6.84. The molecule has 0 saturated heterocycles. The summed E-state index contributed by atoms with van der Waals surface area (Å²) < 4.78 is 16.5. The van der Waals surface area contributed by atoms with Gasteiger partial charge < -0.3 is 24.2 Å². The fraction of sp³-hybridized carbons (Fsp3) is 0.364. The Kier molecular flexibility index (Phi) is 6.26. The monoisotopic (exact) mass is 399 g/mol. The highest BCUT2D eigenvalue weighted by Gasteiger charge is 2.25. The molecule has 29 heavy (non-hydrogen) atoms. The van der Waals surface area contributed by atoms with Crippen molar-refractivity contribution in [3.8, 4) is 17.2 Å². The molecule has 0 fully saturated rings. The first-order valence-corrected chi connectivity index (χ1v) is 9.39. The maximum Gasteiger partial charge on any atom is 0.335 e. The number of hydrogen-bond acceptors (Lipinski definition) is 5. The fourth-order valence-corrected chi connectivity index (χ4v) is 3.68. The number of fused-ring (bicyclic) bond motifs is 1. The molecule has 7 heteroatoms. The van der Waals surface area contributed by atoms with Crippen LogP contribution in [0.1, 0.15) is 27.0 Å². The first-order chi connectivity index (χ1) is 14.0. The Balaban J connectivity index is 1.76. The average Bonchev–Trinajstić information content (AvgIpc) is 2.95. The molecule has 3 rings (SSSR count). The highest BCUT2D eigenvalue weighted by molar-refractivity contribution is 5.87. The predicted octanol–water partition coefficient (Wildman–Crippen LogP) is 2.58. The van der Waals surface area contributed by atoms with Crippen LogP contribution in [0.25, 0.3) is 0 Å². The van der Waals surface area contributed by atoms with Crippen LogP contribution < -0.4 is 14.2 Å². The van der Waals surface area contributed by atoms with E-state index in [1.54, 1.807) is 33.5 Å². The zero-order valence-electron chi connectivity index (χ0n) is 16.9. The van der Waals surface area contributed by atoms with Gasteiger partial charge in [0, 0.05) is 18.7 Å². The first-order valence-electron chi connectivity index (χ1n) is 9.39. The average molecular weight is 399 g/mol. The number of amides is 1. The van der Waals surface area contributed by atoms with Crippen LogP contribution in [0.4, 0.5) is 0 Å². The Hall–Kier alpha value is -3.22. The molecule has 1 aliphatic rings. The second-order valence-corrected chi connectivity index (χ2v) is 6.84. The van der Waals surface area contributed by atoms with E-state index in [1.165, 1.54) is 12.1 Å². The van der Waals surface area contributed by atoms with Crippen molar-refractivity contribution in [2.45, 2.75) is 19.3 Å². The van der Waals surface area contributed by atoms with E-state index in [0.717, 1.165) is 16.7 Å². The molecule has 0 bridgehead atoms. The van der Waals surface area contributed by atoms with Gasteiger partial charge in [0.2, 0.25) is 11.7 Å². The smallest absolute Gasteiger partial charge is 0.335 e. The number of carbonyl (C=O) groups excluding carboxylic acids is 1. The third-order valence-corrected chi connectivity index (χ3v) is 5.22. The molecule has 0 aromatic heterocycles. The van der Waals surface area contributed by atoms with Crippen molar-refractivity contribution in [2.75, 3.05) is 34.4 Å². The number of hydrogen-bond donors (Lipinski definition) is 1. The van der Waals surface area contributed by atoms with Crippen molar-refractivity contribution in [2.24, 2.45) is 0 Å². The third kappa shape index (κ3) is 4.29. The minimum atomic E-state index is -0.979. The van der Waals surface area contributed by atoms with E-state index in [-0.39, 0.29) is 17.9 Å². The van der Waals surface area contributed by atoms with Gasteiger partial charge in [-0.05, 0) is 42.2 Å². The third-order valence-electron chi connectivity index (χ3n) is 5.22. The topological polar surface area (TPSA) is 85.3 Å². The highest BCUT2D eigenvalue weighted by atomic mass is 16.5. The first kappa shape index (κ1) is 20.5. The SMILES string of the molecule is COc1cc2c(c(OC)c1OC)CCN(C(=O)Cc1ccc(C(=O)O)cc1)CC2. The molecule has 7 nitrogen and oxygen atoms in total. The van der Waals surface area contributed by atoms with E-state index in [0.29, 0.717) is 43.2 Å². The summed E-state index contributed by atoms with van der Waals surface area (Å²) in [5.74, 6) is 0.862. The van der Waals surface area contributed by atoms with Crippen molar-refractivity contribution >= 4 is 11.9 Å². The van der Waals surface area contributed by atoms with Crippen LogP contribution in [0.15, 0.2) is 30.3 Å². The molecular weight excluding hydrogens is 374 g/mol. The Morgan fingerprint density at radius 1 is 0.966 bits per heavy atom. The Labute approximate surface area is 169 Å². The summed E-state index contributed by atoms with van der Waals surface area (Å²) in [4.78, 5) is 25.6. The lowest BCUT2D eigenvalue weighted by Gasteiger charge is -2.20. The number of carboxylic acids is 1. The maximum absolute atomic E-state index is 12.8. The maximum atomic E-state index is 12.8. The lowest BCUT2D eigenvalue weighted by Crippen LogP contribution is -2.34. The normalized spacial score (nSPS) is 13.3. The van der Waals surface area contributed by atoms with E-state index >= 15 is 0 Å². The molecule has 1 heterocycles. The minimum absolute atomic E-state index is 0.0128. The largest absolute Gasteiger partial charge is 0.493 e. The van der Waals surface area contributed by atoms with E-state index in [9.17, 15) is 9.59 Å². The van der Waals surface area contributed by atoms with Crippen LogP contribution in [0.5, 0.6) is 17.2 Å². The second kappa shape index (κ2) is 8.86. The molecular formula is C22H25NO6. The summed E-state index contributed by atoms with van der Waals surface area (Å²) in [6.45, 7) is 1.17. The molecule has 0 saturated carbocycles. The Morgan fingerprint density at radius 3 is 2.21 bits per heavy atom. The molecule has 0 atom stereocenters. The van der Waals surface area contributed by atoms with E-state index in [2.05, 4.69) is 0 Å². The van der Waals surface area contributed by atoms with Crippen molar-refractivity contribution in [1.29, 1.82) is 0 Å². The van der Waals surface area contributed by atoms with Gasteiger partial charge in [-0.2, -0.15) is 0 Å². The fourth-order valence-electron chi connectivity index (χ4n) is 3.68. The van der Waals surface area contributed by atoms with Crippen molar-refractivity contribution in [3.05, 3.63) is 52.6 Å². The highest BCUT2D eigenvalue weighted by Crippen LogP contribution is 2.43.